The van der Waals surface area contributed by atoms with Crippen LogP contribution in [0.2, 0.25) is 0 Å². The lowest BCUT2D eigenvalue weighted by Gasteiger charge is -2.31. The number of carbonyl (C=O) groups is 2. The summed E-state index contributed by atoms with van der Waals surface area (Å²) in [5, 5.41) is 0.780. The zero-order valence-corrected chi connectivity index (χ0v) is 12.9. The third-order valence-electron chi connectivity index (χ3n) is 3.82. The fourth-order valence-electron chi connectivity index (χ4n) is 2.76. The Balaban J connectivity index is 2.20. The van der Waals surface area contributed by atoms with Gasteiger partial charge >= 0.3 is 5.97 Å². The van der Waals surface area contributed by atoms with Crippen LogP contribution in [0.25, 0.3) is 10.9 Å². The van der Waals surface area contributed by atoms with E-state index < -0.39 is 5.97 Å². The number of pyridine rings is 1. The van der Waals surface area contributed by atoms with Gasteiger partial charge in [-0.25, -0.2) is 4.79 Å². The van der Waals surface area contributed by atoms with Crippen molar-refractivity contribution in [3.05, 3.63) is 35.5 Å². The monoisotopic (exact) mass is 314 g/mol. The van der Waals surface area contributed by atoms with E-state index in [9.17, 15) is 9.59 Å². The van der Waals surface area contributed by atoms with Gasteiger partial charge in [-0.05, 0) is 25.1 Å². The molecule has 0 radical (unpaired) electrons. The molecule has 1 saturated heterocycles. The number of ether oxygens (including phenoxy) is 2. The van der Waals surface area contributed by atoms with Gasteiger partial charge in [-0.1, -0.05) is 0 Å². The third kappa shape index (κ3) is 3.03. The molecule has 1 aromatic carbocycles. The van der Waals surface area contributed by atoms with Crippen LogP contribution in [0, 0.1) is 0 Å². The minimum Gasteiger partial charge on any atom is -0.462 e. The van der Waals surface area contributed by atoms with Crippen LogP contribution < -0.4 is 4.90 Å². The molecule has 0 amide bonds. The number of morpholine rings is 1. The van der Waals surface area contributed by atoms with E-state index in [-0.39, 0.29) is 0 Å². The van der Waals surface area contributed by atoms with Gasteiger partial charge in [-0.15, -0.1) is 0 Å². The van der Waals surface area contributed by atoms with E-state index in [2.05, 4.69) is 9.88 Å². The Morgan fingerprint density at radius 2 is 2.17 bits per heavy atom. The van der Waals surface area contributed by atoms with Crippen LogP contribution in [-0.2, 0) is 9.47 Å². The molecule has 0 N–H and O–H groups in total. The molecule has 1 aliphatic heterocycles. The molecule has 1 aromatic heterocycles. The van der Waals surface area contributed by atoms with Crippen molar-refractivity contribution in [3.63, 3.8) is 0 Å². The number of esters is 1. The Kier molecular flexibility index (Phi) is 4.52. The Labute approximate surface area is 134 Å². The van der Waals surface area contributed by atoms with Crippen molar-refractivity contribution in [2.75, 3.05) is 37.8 Å². The molecule has 3 rings (SSSR count). The Bertz CT molecular complexity index is 739. The van der Waals surface area contributed by atoms with E-state index in [0.717, 1.165) is 22.9 Å². The van der Waals surface area contributed by atoms with Crippen LogP contribution in [0.3, 0.4) is 0 Å². The standard InChI is InChI=1S/C17H18N2O4/c1-2-23-17(21)14-10-18-15-4-3-12(11-20)9-13(15)16(14)19-5-7-22-8-6-19/h3-4,9-11H,2,5-8H2,1H3. The van der Waals surface area contributed by atoms with Gasteiger partial charge in [0.2, 0.25) is 0 Å². The van der Waals surface area contributed by atoms with Gasteiger partial charge in [0, 0.05) is 30.2 Å². The Morgan fingerprint density at radius 3 is 2.87 bits per heavy atom. The SMILES string of the molecule is CCOC(=O)c1cnc2ccc(C=O)cc2c1N1CCOCC1. The van der Waals surface area contributed by atoms with Gasteiger partial charge in [-0.3, -0.25) is 9.78 Å². The van der Waals surface area contributed by atoms with Gasteiger partial charge in [0.15, 0.2) is 0 Å². The van der Waals surface area contributed by atoms with Crippen molar-refractivity contribution in [1.29, 1.82) is 0 Å². The van der Waals surface area contributed by atoms with Crippen LogP contribution in [0.4, 0.5) is 5.69 Å². The fourth-order valence-corrected chi connectivity index (χ4v) is 2.76. The fraction of sp³-hybridized carbons (Fsp3) is 0.353. The lowest BCUT2D eigenvalue weighted by atomic mass is 10.1. The number of rotatable bonds is 4. The average molecular weight is 314 g/mol. The number of hydrogen-bond donors (Lipinski definition) is 0. The van der Waals surface area contributed by atoms with Crippen molar-refractivity contribution in [2.45, 2.75) is 6.92 Å². The number of hydrogen-bond acceptors (Lipinski definition) is 6. The molecule has 6 nitrogen and oxygen atoms in total. The quantitative estimate of drug-likeness (QED) is 0.635. The molecule has 1 aliphatic rings. The van der Waals surface area contributed by atoms with Crippen LogP contribution in [-0.4, -0.2) is 50.1 Å². The molecule has 0 saturated carbocycles. The molecule has 2 aromatic rings. The highest BCUT2D eigenvalue weighted by atomic mass is 16.5. The Hall–Kier alpha value is -2.47. The van der Waals surface area contributed by atoms with Gasteiger partial charge in [0.05, 0.1) is 31.0 Å². The van der Waals surface area contributed by atoms with Crippen LogP contribution in [0.5, 0.6) is 0 Å². The minimum atomic E-state index is -0.403. The summed E-state index contributed by atoms with van der Waals surface area (Å²) >= 11 is 0. The van der Waals surface area contributed by atoms with Crippen molar-refractivity contribution in [3.8, 4) is 0 Å². The first kappa shape index (κ1) is 15.4. The maximum Gasteiger partial charge on any atom is 0.341 e. The first-order valence-corrected chi connectivity index (χ1v) is 7.62. The molecular formula is C17H18N2O4. The second kappa shape index (κ2) is 6.75. The highest BCUT2D eigenvalue weighted by Crippen LogP contribution is 2.31. The summed E-state index contributed by atoms with van der Waals surface area (Å²) in [5.41, 5.74) is 2.48. The van der Waals surface area contributed by atoms with Crippen molar-refractivity contribution in [1.82, 2.24) is 4.98 Å². The second-order valence-corrected chi connectivity index (χ2v) is 5.23. The van der Waals surface area contributed by atoms with Gasteiger partial charge in [0.25, 0.3) is 0 Å². The van der Waals surface area contributed by atoms with E-state index in [1.54, 1.807) is 31.3 Å². The van der Waals surface area contributed by atoms with E-state index >= 15 is 0 Å². The van der Waals surface area contributed by atoms with E-state index in [0.29, 0.717) is 44.0 Å². The largest absolute Gasteiger partial charge is 0.462 e. The molecule has 120 valence electrons. The summed E-state index contributed by atoms with van der Waals surface area (Å²) in [5.74, 6) is -0.403. The van der Waals surface area contributed by atoms with Crippen molar-refractivity contribution < 1.29 is 19.1 Å². The molecule has 0 unspecified atom stereocenters. The molecule has 0 bridgehead atoms. The molecular weight excluding hydrogens is 296 g/mol. The summed E-state index contributed by atoms with van der Waals surface area (Å²) in [6, 6.07) is 5.27. The smallest absolute Gasteiger partial charge is 0.341 e. The summed E-state index contributed by atoms with van der Waals surface area (Å²) in [6.45, 7) is 4.62. The van der Waals surface area contributed by atoms with Crippen molar-refractivity contribution in [2.24, 2.45) is 0 Å². The number of aromatic nitrogens is 1. The number of nitrogens with zero attached hydrogens (tertiary/aromatic N) is 2. The lowest BCUT2D eigenvalue weighted by Crippen LogP contribution is -2.37. The number of benzene rings is 1. The summed E-state index contributed by atoms with van der Waals surface area (Å²) in [4.78, 5) is 29.9. The normalized spacial score (nSPS) is 14.7. The highest BCUT2D eigenvalue weighted by molar-refractivity contribution is 6.06. The maximum atomic E-state index is 12.3. The van der Waals surface area contributed by atoms with Gasteiger partial charge in [-0.2, -0.15) is 0 Å². The van der Waals surface area contributed by atoms with E-state index in [1.807, 2.05) is 0 Å². The number of fused-ring (bicyclic) bond motifs is 1. The van der Waals surface area contributed by atoms with Crippen LogP contribution in [0.1, 0.15) is 27.6 Å². The molecule has 6 heteroatoms. The number of carbonyl (C=O) groups excluding carboxylic acids is 2. The predicted molar refractivity (Wildman–Crippen MR) is 86.1 cm³/mol. The van der Waals surface area contributed by atoms with Crippen molar-refractivity contribution >= 4 is 28.8 Å². The minimum absolute atomic E-state index is 0.299. The molecule has 1 fully saturated rings. The first-order chi connectivity index (χ1) is 11.2. The third-order valence-corrected chi connectivity index (χ3v) is 3.82. The van der Waals surface area contributed by atoms with E-state index in [1.165, 1.54) is 0 Å². The summed E-state index contributed by atoms with van der Waals surface area (Å²) in [7, 11) is 0. The maximum absolute atomic E-state index is 12.3. The Morgan fingerprint density at radius 1 is 1.39 bits per heavy atom. The predicted octanol–water partition coefficient (Wildman–Crippen LogP) is 2.06. The molecule has 0 atom stereocenters. The highest BCUT2D eigenvalue weighted by Gasteiger charge is 2.23. The van der Waals surface area contributed by atoms with Gasteiger partial charge < -0.3 is 14.4 Å². The lowest BCUT2D eigenvalue weighted by molar-refractivity contribution is 0.0526. The number of anilines is 1. The van der Waals surface area contributed by atoms with Crippen LogP contribution in [0.15, 0.2) is 24.4 Å². The zero-order valence-electron chi connectivity index (χ0n) is 12.9. The number of aldehydes is 1. The molecule has 0 aliphatic carbocycles. The second-order valence-electron chi connectivity index (χ2n) is 5.23. The summed E-state index contributed by atoms with van der Waals surface area (Å²) in [6.07, 6.45) is 2.34. The molecule has 23 heavy (non-hydrogen) atoms. The molecule has 2 heterocycles. The molecule has 0 spiro atoms. The zero-order chi connectivity index (χ0) is 16.2. The van der Waals surface area contributed by atoms with Crippen LogP contribution >= 0.6 is 0 Å². The summed E-state index contributed by atoms with van der Waals surface area (Å²) < 4.78 is 10.6. The first-order valence-electron chi connectivity index (χ1n) is 7.62. The average Bonchev–Trinajstić information content (AvgIpc) is 2.61. The van der Waals surface area contributed by atoms with Gasteiger partial charge in [0.1, 0.15) is 11.8 Å². The van der Waals surface area contributed by atoms with E-state index in [4.69, 9.17) is 9.47 Å². The topological polar surface area (TPSA) is 68.7 Å².